The summed E-state index contributed by atoms with van der Waals surface area (Å²) in [6.45, 7) is -0.195. The normalized spacial score (nSPS) is 19.1. The molecule has 2 aliphatic carbocycles. The van der Waals surface area contributed by atoms with Crippen LogP contribution in [0.15, 0.2) is 46.3 Å². The molecule has 0 atom stereocenters. The van der Waals surface area contributed by atoms with Crippen LogP contribution in [-0.2, 0) is 20.5 Å². The largest absolute Gasteiger partial charge is 0.469 e. The highest BCUT2D eigenvalue weighted by molar-refractivity contribution is 6.22. The molecule has 2 amide bonds. The number of benzene rings is 1. The van der Waals surface area contributed by atoms with Crippen LogP contribution in [0.3, 0.4) is 0 Å². The van der Waals surface area contributed by atoms with E-state index < -0.39 is 29.4 Å². The van der Waals surface area contributed by atoms with E-state index in [4.69, 9.17) is 17.0 Å². The van der Waals surface area contributed by atoms with E-state index in [0.29, 0.717) is 47.8 Å². The van der Waals surface area contributed by atoms with Gasteiger partial charge in [-0.05, 0) is 68.1 Å². The van der Waals surface area contributed by atoms with Gasteiger partial charge in [-0.15, -0.1) is 5.47 Å². The smallest absolute Gasteiger partial charge is 0.452 e. The van der Waals surface area contributed by atoms with Crippen molar-refractivity contribution in [2.45, 2.75) is 63.5 Å². The number of aromatic nitrogens is 1. The number of esters is 1. The maximum absolute atomic E-state index is 13.5. The predicted molar refractivity (Wildman–Crippen MR) is 146 cm³/mol. The minimum absolute atomic E-state index is 0.154. The maximum Gasteiger partial charge on any atom is 0.452 e. The second-order valence-electron chi connectivity index (χ2n) is 10.3. The third-order valence-corrected chi connectivity index (χ3v) is 7.39. The molecule has 1 aromatic carbocycles. The number of halogens is 3. The molecule has 12 heteroatoms. The van der Waals surface area contributed by atoms with Crippen LogP contribution in [0, 0.1) is 5.92 Å². The molecule has 2 aliphatic rings. The zero-order chi connectivity index (χ0) is 29.6. The second-order valence-corrected chi connectivity index (χ2v) is 10.3. The van der Waals surface area contributed by atoms with Crippen LogP contribution in [0.1, 0.15) is 85.0 Å². The number of methoxy groups -OCH3 is 1. The van der Waals surface area contributed by atoms with Gasteiger partial charge in [0.2, 0.25) is 17.6 Å². The fraction of sp³-hybridized carbons (Fsp3) is 0.448. The Kier molecular flexibility index (Phi) is 9.72. The summed E-state index contributed by atoms with van der Waals surface area (Å²) in [4.78, 5) is 40.2. The van der Waals surface area contributed by atoms with Crippen molar-refractivity contribution < 1.29 is 36.7 Å². The Morgan fingerprint density at radius 3 is 2.39 bits per heavy atom. The van der Waals surface area contributed by atoms with Crippen LogP contribution in [0.5, 0.6) is 0 Å². The fourth-order valence-electron chi connectivity index (χ4n) is 5.09. The molecule has 0 saturated heterocycles. The van der Waals surface area contributed by atoms with Gasteiger partial charge >= 0.3 is 12.1 Å². The van der Waals surface area contributed by atoms with Gasteiger partial charge in [-0.25, -0.2) is 4.98 Å². The van der Waals surface area contributed by atoms with Gasteiger partial charge in [-0.3, -0.25) is 14.4 Å². The van der Waals surface area contributed by atoms with Gasteiger partial charge in [-0.2, -0.15) is 13.2 Å². The summed E-state index contributed by atoms with van der Waals surface area (Å²) in [5.74, 6) is -2.73. The third kappa shape index (κ3) is 8.11. The monoisotopic (exact) mass is 569 g/mol. The van der Waals surface area contributed by atoms with Crippen LogP contribution in [0.4, 0.5) is 18.9 Å². The molecule has 1 heterocycles. The lowest BCUT2D eigenvalue weighted by Gasteiger charge is -2.28. The molecular weight excluding hydrogens is 538 g/mol. The highest BCUT2D eigenvalue weighted by Gasteiger charge is 2.42. The first kappa shape index (κ1) is 30.1. The van der Waals surface area contributed by atoms with Crippen molar-refractivity contribution in [2.75, 3.05) is 19.0 Å². The maximum atomic E-state index is 13.5. The van der Waals surface area contributed by atoms with Crippen molar-refractivity contribution >= 4 is 36.9 Å². The average molecular weight is 569 g/mol. The Hall–Kier alpha value is -3.83. The Labute approximate surface area is 237 Å². The lowest BCUT2D eigenvalue weighted by molar-refractivity contribution is -0.153. The Balaban J connectivity index is 1.26. The molecule has 0 aliphatic heterocycles. The van der Waals surface area contributed by atoms with E-state index in [1.54, 1.807) is 18.2 Å². The predicted octanol–water partition coefficient (Wildman–Crippen LogP) is 5.52. The number of oxazole rings is 1. The molecule has 1 fully saturated rings. The van der Waals surface area contributed by atoms with Gasteiger partial charge in [0, 0.05) is 30.6 Å². The Morgan fingerprint density at radius 2 is 1.78 bits per heavy atom. The molecular formula is C29H31BF3N3O5. The average Bonchev–Trinajstić information content (AvgIpc) is 3.41. The molecule has 4 rings (SSSR count). The number of carbonyl (C=O) groups excluding carboxylic acids is 3. The molecule has 2 N–H and O–H groups in total. The first-order valence-corrected chi connectivity index (χ1v) is 13.5. The number of hydrogen-bond donors (Lipinski definition) is 2. The van der Waals surface area contributed by atoms with Crippen molar-refractivity contribution in [1.82, 2.24) is 10.3 Å². The second kappa shape index (κ2) is 13.2. The molecule has 1 aromatic heterocycles. The van der Waals surface area contributed by atoms with Gasteiger partial charge in [0.15, 0.2) is 5.69 Å². The number of amides is 2. The first-order chi connectivity index (χ1) is 19.5. The van der Waals surface area contributed by atoms with Crippen molar-refractivity contribution in [3.63, 3.8) is 0 Å². The van der Waals surface area contributed by atoms with Crippen LogP contribution < -0.4 is 10.6 Å². The summed E-state index contributed by atoms with van der Waals surface area (Å²) in [6.07, 6.45) is 3.07. The summed E-state index contributed by atoms with van der Waals surface area (Å²) in [7, 11) is 7.09. The molecule has 216 valence electrons. The topological polar surface area (TPSA) is 111 Å². The summed E-state index contributed by atoms with van der Waals surface area (Å²) in [5.41, 5.74) is 1.83. The van der Waals surface area contributed by atoms with E-state index in [1.165, 1.54) is 13.2 Å². The molecule has 2 aromatic rings. The molecule has 41 heavy (non-hydrogen) atoms. The van der Waals surface area contributed by atoms with Gasteiger partial charge in [0.25, 0.3) is 5.91 Å². The quantitative estimate of drug-likeness (QED) is 0.304. The van der Waals surface area contributed by atoms with Crippen LogP contribution in [-0.4, -0.2) is 44.3 Å². The van der Waals surface area contributed by atoms with Gasteiger partial charge in [0.05, 0.1) is 7.11 Å². The SMILES string of the molecule is [B]C1=CC=C(c2nc(C(=O)NCCC(=O)Nc3ccc(C4CCC(CC(=O)OC)CC4)cc3)c(C(F)(F)F)o2)CC1. The highest BCUT2D eigenvalue weighted by atomic mass is 19.4. The van der Waals surface area contributed by atoms with Crippen LogP contribution in [0.25, 0.3) is 5.57 Å². The Bertz CT molecular complexity index is 1330. The minimum Gasteiger partial charge on any atom is -0.469 e. The summed E-state index contributed by atoms with van der Waals surface area (Å²) < 4.78 is 50.2. The molecule has 0 spiro atoms. The van der Waals surface area contributed by atoms with Gasteiger partial charge in [0.1, 0.15) is 7.85 Å². The standard InChI is InChI=1S/C29H31BF3N3O5/c1-40-24(38)16-17-2-4-18(5-3-17)19-8-12-22(13-9-19)35-23(37)14-15-34-27(39)25-26(29(31,32)33)41-28(36-25)20-6-10-21(30)11-7-20/h6,8-10,12-13,17-18H,2-5,7,11,14-16H2,1H3,(H,34,39)(H,35,37). The van der Waals surface area contributed by atoms with Crippen LogP contribution >= 0.6 is 0 Å². The lowest BCUT2D eigenvalue weighted by atomic mass is 9.77. The van der Waals surface area contributed by atoms with Crippen molar-refractivity contribution in [1.29, 1.82) is 0 Å². The van der Waals surface area contributed by atoms with Crippen LogP contribution in [0.2, 0.25) is 0 Å². The van der Waals surface area contributed by atoms with E-state index in [9.17, 15) is 27.6 Å². The molecule has 0 bridgehead atoms. The molecule has 8 nitrogen and oxygen atoms in total. The lowest BCUT2D eigenvalue weighted by Crippen LogP contribution is -2.29. The van der Waals surface area contributed by atoms with E-state index in [-0.39, 0.29) is 24.8 Å². The number of anilines is 1. The number of allylic oxidation sites excluding steroid dienone is 4. The molecule has 1 saturated carbocycles. The highest BCUT2D eigenvalue weighted by Crippen LogP contribution is 2.38. The van der Waals surface area contributed by atoms with E-state index >= 15 is 0 Å². The zero-order valence-corrected chi connectivity index (χ0v) is 22.7. The number of rotatable bonds is 9. The summed E-state index contributed by atoms with van der Waals surface area (Å²) in [6, 6.07) is 7.49. The van der Waals surface area contributed by atoms with E-state index in [2.05, 4.69) is 15.6 Å². The van der Waals surface area contributed by atoms with Gasteiger partial charge < -0.3 is 19.8 Å². The zero-order valence-electron chi connectivity index (χ0n) is 22.7. The minimum atomic E-state index is -4.92. The first-order valence-electron chi connectivity index (χ1n) is 13.5. The fourth-order valence-corrected chi connectivity index (χ4v) is 5.09. The Morgan fingerprint density at radius 1 is 1.07 bits per heavy atom. The number of nitrogens with one attached hydrogen (secondary N) is 2. The number of alkyl halides is 3. The molecule has 2 radical (unpaired) electrons. The number of carbonyl (C=O) groups is 3. The molecule has 0 unspecified atom stereocenters. The van der Waals surface area contributed by atoms with Crippen molar-refractivity contribution in [3.8, 4) is 0 Å². The summed E-state index contributed by atoms with van der Waals surface area (Å²) >= 11 is 0. The number of nitrogens with zero attached hydrogens (tertiary/aromatic N) is 1. The third-order valence-electron chi connectivity index (χ3n) is 7.39. The van der Waals surface area contributed by atoms with E-state index in [1.807, 2.05) is 12.1 Å². The van der Waals surface area contributed by atoms with Crippen molar-refractivity contribution in [2.24, 2.45) is 5.92 Å². The van der Waals surface area contributed by atoms with E-state index in [0.717, 1.165) is 31.2 Å². The number of ether oxygens (including phenoxy) is 1. The summed E-state index contributed by atoms with van der Waals surface area (Å²) in [5, 5.41) is 5.05. The van der Waals surface area contributed by atoms with Gasteiger partial charge in [-0.1, -0.05) is 24.3 Å². The van der Waals surface area contributed by atoms with Crippen molar-refractivity contribution in [3.05, 3.63) is 64.8 Å². The number of hydrogen-bond acceptors (Lipinski definition) is 6.